The lowest BCUT2D eigenvalue weighted by Crippen LogP contribution is -2.30. The molecule has 0 aromatic heterocycles. The van der Waals surface area contributed by atoms with E-state index < -0.39 is 18.0 Å². The Bertz CT molecular complexity index is 1020. The van der Waals surface area contributed by atoms with Crippen molar-refractivity contribution in [3.63, 3.8) is 0 Å². The molecule has 0 saturated heterocycles. The van der Waals surface area contributed by atoms with Crippen LogP contribution in [0.5, 0.6) is 11.5 Å². The second kappa shape index (κ2) is 6.99. The first kappa shape index (κ1) is 16.9. The van der Waals surface area contributed by atoms with Crippen LogP contribution in [0.25, 0.3) is 10.8 Å². The molecule has 0 bridgehead atoms. The molecular formula is C21H17NO5. The van der Waals surface area contributed by atoms with Gasteiger partial charge in [0.25, 0.3) is 5.91 Å². The highest BCUT2D eigenvalue weighted by Crippen LogP contribution is 2.34. The molecule has 6 heteroatoms. The summed E-state index contributed by atoms with van der Waals surface area (Å²) in [5.74, 6) is 0.222. The topological polar surface area (TPSA) is 73.9 Å². The number of ether oxygens (including phenoxy) is 3. The first-order chi connectivity index (χ1) is 13.1. The number of fused-ring (bicyclic) bond motifs is 2. The van der Waals surface area contributed by atoms with Crippen molar-refractivity contribution in [3.8, 4) is 11.5 Å². The fourth-order valence-electron chi connectivity index (χ4n) is 2.90. The highest BCUT2D eigenvalue weighted by Gasteiger charge is 2.21. The second-order valence-electron chi connectivity index (χ2n) is 6.13. The number of nitrogens with one attached hydrogen (secondary N) is 1. The number of rotatable bonds is 4. The van der Waals surface area contributed by atoms with E-state index in [0.29, 0.717) is 22.7 Å². The van der Waals surface area contributed by atoms with E-state index in [4.69, 9.17) is 14.2 Å². The van der Waals surface area contributed by atoms with Crippen molar-refractivity contribution in [3.05, 3.63) is 66.2 Å². The zero-order valence-electron chi connectivity index (χ0n) is 14.6. The van der Waals surface area contributed by atoms with Gasteiger partial charge in [0.05, 0.1) is 5.56 Å². The fourth-order valence-corrected chi connectivity index (χ4v) is 2.90. The molecule has 3 aromatic rings. The lowest BCUT2D eigenvalue weighted by Gasteiger charge is -2.14. The van der Waals surface area contributed by atoms with Crippen LogP contribution in [-0.4, -0.2) is 24.8 Å². The zero-order chi connectivity index (χ0) is 18.8. The van der Waals surface area contributed by atoms with Crippen molar-refractivity contribution in [2.75, 3.05) is 12.1 Å². The third kappa shape index (κ3) is 3.42. The predicted molar refractivity (Wildman–Crippen MR) is 100 cm³/mol. The molecule has 1 amide bonds. The number of carbonyl (C=O) groups is 2. The lowest BCUT2D eigenvalue weighted by molar-refractivity contribution is -0.123. The number of esters is 1. The molecule has 0 aliphatic carbocycles. The molecule has 1 heterocycles. The van der Waals surface area contributed by atoms with Crippen LogP contribution in [0.4, 0.5) is 5.69 Å². The first-order valence-electron chi connectivity index (χ1n) is 8.51. The van der Waals surface area contributed by atoms with Gasteiger partial charge in [0.1, 0.15) is 0 Å². The summed E-state index contributed by atoms with van der Waals surface area (Å²) < 4.78 is 15.9. The van der Waals surface area contributed by atoms with Crippen LogP contribution in [0.1, 0.15) is 17.3 Å². The average Bonchev–Trinajstić information content (AvgIpc) is 3.15. The molecule has 136 valence electrons. The van der Waals surface area contributed by atoms with E-state index in [1.165, 1.54) is 6.92 Å². The number of benzene rings is 3. The van der Waals surface area contributed by atoms with Gasteiger partial charge in [0.2, 0.25) is 6.79 Å². The Hall–Kier alpha value is -3.54. The molecule has 1 atom stereocenters. The van der Waals surface area contributed by atoms with Gasteiger partial charge in [-0.3, -0.25) is 4.79 Å². The van der Waals surface area contributed by atoms with E-state index >= 15 is 0 Å². The summed E-state index contributed by atoms with van der Waals surface area (Å²) in [5.41, 5.74) is 0.966. The van der Waals surface area contributed by atoms with E-state index in [2.05, 4.69) is 5.32 Å². The standard InChI is InChI=1S/C21H17NO5/c1-13(20(23)22-15-9-10-18-19(11-15)26-12-25-18)27-21(24)17-8-4-6-14-5-2-3-7-16(14)17/h2-11,13H,12H2,1H3,(H,22,23). The minimum Gasteiger partial charge on any atom is -0.454 e. The Morgan fingerprint density at radius 3 is 2.67 bits per heavy atom. The molecule has 1 unspecified atom stereocenters. The van der Waals surface area contributed by atoms with Crippen LogP contribution in [-0.2, 0) is 9.53 Å². The Labute approximate surface area is 155 Å². The summed E-state index contributed by atoms with van der Waals surface area (Å²) in [6.45, 7) is 1.69. The smallest absolute Gasteiger partial charge is 0.339 e. The number of hydrogen-bond donors (Lipinski definition) is 1. The average molecular weight is 363 g/mol. The van der Waals surface area contributed by atoms with E-state index in [1.54, 1.807) is 30.3 Å². The summed E-state index contributed by atoms with van der Waals surface area (Å²) in [6, 6.07) is 18.0. The molecule has 0 saturated carbocycles. The second-order valence-corrected chi connectivity index (χ2v) is 6.13. The fraction of sp³-hybridized carbons (Fsp3) is 0.143. The normalized spacial score (nSPS) is 13.2. The number of hydrogen-bond acceptors (Lipinski definition) is 5. The number of anilines is 1. The predicted octanol–water partition coefficient (Wildman–Crippen LogP) is 3.75. The van der Waals surface area contributed by atoms with E-state index in [1.807, 2.05) is 30.3 Å². The van der Waals surface area contributed by atoms with Gasteiger partial charge in [-0.15, -0.1) is 0 Å². The van der Waals surface area contributed by atoms with Crippen molar-refractivity contribution in [2.24, 2.45) is 0 Å². The molecule has 6 nitrogen and oxygen atoms in total. The number of amides is 1. The first-order valence-corrected chi connectivity index (χ1v) is 8.51. The van der Waals surface area contributed by atoms with Gasteiger partial charge in [0.15, 0.2) is 17.6 Å². The molecule has 1 aliphatic heterocycles. The highest BCUT2D eigenvalue weighted by atomic mass is 16.7. The van der Waals surface area contributed by atoms with Crippen LogP contribution >= 0.6 is 0 Å². The van der Waals surface area contributed by atoms with Gasteiger partial charge < -0.3 is 19.5 Å². The van der Waals surface area contributed by atoms with Crippen molar-refractivity contribution in [1.82, 2.24) is 0 Å². The molecule has 1 aliphatic rings. The zero-order valence-corrected chi connectivity index (χ0v) is 14.6. The Morgan fingerprint density at radius 2 is 1.78 bits per heavy atom. The van der Waals surface area contributed by atoms with Crippen LogP contribution in [0.2, 0.25) is 0 Å². The van der Waals surface area contributed by atoms with Crippen LogP contribution in [0.3, 0.4) is 0 Å². The maximum Gasteiger partial charge on any atom is 0.339 e. The van der Waals surface area contributed by atoms with E-state index in [9.17, 15) is 9.59 Å². The van der Waals surface area contributed by atoms with Gasteiger partial charge in [0, 0.05) is 11.8 Å². The minimum absolute atomic E-state index is 0.159. The molecule has 3 aromatic carbocycles. The van der Waals surface area contributed by atoms with Crippen molar-refractivity contribution in [1.29, 1.82) is 0 Å². The SMILES string of the molecule is CC(OC(=O)c1cccc2ccccc12)C(=O)Nc1ccc2c(c1)OCO2. The Morgan fingerprint density at radius 1 is 1.00 bits per heavy atom. The molecule has 27 heavy (non-hydrogen) atoms. The van der Waals surface area contributed by atoms with Crippen LogP contribution < -0.4 is 14.8 Å². The number of carbonyl (C=O) groups excluding carboxylic acids is 2. The van der Waals surface area contributed by atoms with Gasteiger partial charge in [-0.2, -0.15) is 0 Å². The molecular weight excluding hydrogens is 346 g/mol. The summed E-state index contributed by atoms with van der Waals surface area (Å²) in [7, 11) is 0. The molecule has 1 N–H and O–H groups in total. The lowest BCUT2D eigenvalue weighted by atomic mass is 10.0. The van der Waals surface area contributed by atoms with Crippen LogP contribution in [0.15, 0.2) is 60.7 Å². The van der Waals surface area contributed by atoms with E-state index in [-0.39, 0.29) is 6.79 Å². The van der Waals surface area contributed by atoms with Crippen LogP contribution in [0, 0.1) is 0 Å². The highest BCUT2D eigenvalue weighted by molar-refractivity contribution is 6.05. The third-order valence-electron chi connectivity index (χ3n) is 4.30. The third-order valence-corrected chi connectivity index (χ3v) is 4.30. The van der Waals surface area contributed by atoms with Crippen molar-refractivity contribution < 1.29 is 23.8 Å². The van der Waals surface area contributed by atoms with Crippen molar-refractivity contribution >= 4 is 28.3 Å². The molecule has 0 radical (unpaired) electrons. The maximum atomic E-state index is 12.5. The summed E-state index contributed by atoms with van der Waals surface area (Å²) in [4.78, 5) is 24.9. The van der Waals surface area contributed by atoms with Gasteiger partial charge in [-0.05, 0) is 35.9 Å². The largest absolute Gasteiger partial charge is 0.454 e. The Kier molecular flexibility index (Phi) is 4.38. The summed E-state index contributed by atoms with van der Waals surface area (Å²) in [6.07, 6.45) is -0.957. The molecule has 4 rings (SSSR count). The van der Waals surface area contributed by atoms with Gasteiger partial charge in [-0.25, -0.2) is 4.79 Å². The van der Waals surface area contributed by atoms with E-state index in [0.717, 1.165) is 10.8 Å². The summed E-state index contributed by atoms with van der Waals surface area (Å²) >= 11 is 0. The maximum absolute atomic E-state index is 12.5. The molecule has 0 spiro atoms. The summed E-state index contributed by atoms with van der Waals surface area (Å²) in [5, 5.41) is 4.43. The van der Waals surface area contributed by atoms with Crippen molar-refractivity contribution in [2.45, 2.75) is 13.0 Å². The minimum atomic E-state index is -0.957. The molecule has 0 fully saturated rings. The quantitative estimate of drug-likeness (QED) is 0.715. The monoisotopic (exact) mass is 363 g/mol. The van der Waals surface area contributed by atoms with Gasteiger partial charge >= 0.3 is 5.97 Å². The van der Waals surface area contributed by atoms with Gasteiger partial charge in [-0.1, -0.05) is 36.4 Å². The Balaban J connectivity index is 1.45.